The molecule has 23 heavy (non-hydrogen) atoms. The average Bonchev–Trinajstić information content (AvgIpc) is 3.24. The minimum Gasteiger partial charge on any atom is -0.349 e. The number of hydrogen-bond donors (Lipinski definition) is 3. The van der Waals surface area contributed by atoms with Gasteiger partial charge >= 0.3 is 0 Å². The van der Waals surface area contributed by atoms with E-state index in [0.717, 1.165) is 49.1 Å². The Morgan fingerprint density at radius 2 is 1.91 bits per heavy atom. The van der Waals surface area contributed by atoms with Gasteiger partial charge in [0, 0.05) is 24.1 Å². The maximum atomic E-state index is 12.7. The van der Waals surface area contributed by atoms with Crippen molar-refractivity contribution in [3.8, 4) is 0 Å². The minimum absolute atomic E-state index is 0.00675. The van der Waals surface area contributed by atoms with Crippen molar-refractivity contribution in [3.05, 3.63) is 34.9 Å². The molecular weight excluding hydrogens is 290 g/mol. The highest BCUT2D eigenvalue weighted by atomic mass is 16.1. The lowest BCUT2D eigenvalue weighted by Gasteiger charge is -2.24. The van der Waals surface area contributed by atoms with E-state index < -0.39 is 0 Å². The van der Waals surface area contributed by atoms with Gasteiger partial charge in [-0.05, 0) is 31.2 Å². The highest BCUT2D eigenvalue weighted by molar-refractivity contribution is 5.95. The molecule has 2 aromatic rings. The molecule has 3 N–H and O–H groups in total. The normalized spacial score (nSPS) is 21.8. The number of nitrogens with one attached hydrogen (secondary N) is 3. The first-order valence-corrected chi connectivity index (χ1v) is 8.66. The predicted molar refractivity (Wildman–Crippen MR) is 86.3 cm³/mol. The van der Waals surface area contributed by atoms with E-state index in [-0.39, 0.29) is 11.9 Å². The first-order chi connectivity index (χ1) is 11.3. The summed E-state index contributed by atoms with van der Waals surface area (Å²) in [5.74, 6) is 0.463. The molecule has 1 amide bonds. The topological polar surface area (TPSA) is 86.5 Å². The van der Waals surface area contributed by atoms with Crippen LogP contribution < -0.4 is 5.32 Å². The van der Waals surface area contributed by atoms with Gasteiger partial charge in [0.1, 0.15) is 0 Å². The van der Waals surface area contributed by atoms with E-state index in [0.29, 0.717) is 5.92 Å². The molecule has 2 aliphatic carbocycles. The van der Waals surface area contributed by atoms with E-state index in [4.69, 9.17) is 0 Å². The zero-order chi connectivity index (χ0) is 15.6. The number of nitrogens with zero attached hydrogens (tertiary/aromatic N) is 2. The Bertz CT molecular complexity index is 683. The van der Waals surface area contributed by atoms with Crippen molar-refractivity contribution in [2.75, 3.05) is 0 Å². The van der Waals surface area contributed by atoms with Crippen molar-refractivity contribution in [1.82, 2.24) is 25.7 Å². The molecule has 6 nitrogen and oxygen atoms in total. The molecule has 2 heterocycles. The number of aryl methyl sites for hydroxylation is 1. The second-order valence-corrected chi connectivity index (χ2v) is 6.82. The molecular formula is C17H23N5O. The SMILES string of the molecule is O=C(NC1CCc2cn[nH]c2C1)c1cn[nH]c1C1CCCCC1. The number of amides is 1. The molecule has 122 valence electrons. The van der Waals surface area contributed by atoms with Gasteiger partial charge < -0.3 is 5.32 Å². The summed E-state index contributed by atoms with van der Waals surface area (Å²) in [6, 6.07) is 0.171. The molecule has 0 radical (unpaired) electrons. The summed E-state index contributed by atoms with van der Waals surface area (Å²) in [7, 11) is 0. The number of H-pyrrole nitrogens is 2. The Morgan fingerprint density at radius 1 is 1.09 bits per heavy atom. The predicted octanol–water partition coefficient (Wildman–Crippen LogP) is 2.47. The number of aromatic nitrogens is 4. The van der Waals surface area contributed by atoms with Crippen molar-refractivity contribution in [2.24, 2.45) is 0 Å². The monoisotopic (exact) mass is 313 g/mol. The zero-order valence-electron chi connectivity index (χ0n) is 13.3. The maximum absolute atomic E-state index is 12.7. The van der Waals surface area contributed by atoms with E-state index in [1.807, 2.05) is 6.20 Å². The fourth-order valence-corrected chi connectivity index (χ4v) is 3.97. The van der Waals surface area contributed by atoms with E-state index >= 15 is 0 Å². The van der Waals surface area contributed by atoms with Crippen LogP contribution in [0.15, 0.2) is 12.4 Å². The van der Waals surface area contributed by atoms with Crippen LogP contribution in [0.25, 0.3) is 0 Å². The van der Waals surface area contributed by atoms with Crippen LogP contribution >= 0.6 is 0 Å². The van der Waals surface area contributed by atoms with Crippen LogP contribution in [0, 0.1) is 0 Å². The third-order valence-corrected chi connectivity index (χ3v) is 5.28. The van der Waals surface area contributed by atoms with Gasteiger partial charge in [-0.25, -0.2) is 0 Å². The van der Waals surface area contributed by atoms with Gasteiger partial charge in [-0.3, -0.25) is 15.0 Å². The van der Waals surface area contributed by atoms with Crippen LogP contribution in [0.5, 0.6) is 0 Å². The lowest BCUT2D eigenvalue weighted by Crippen LogP contribution is -2.39. The molecule has 0 saturated heterocycles. The molecule has 2 aromatic heterocycles. The standard InChI is InChI=1S/C17H23N5O/c23-17(20-13-7-6-12-9-18-21-15(12)8-13)14-10-19-22-16(14)11-4-2-1-3-5-11/h9-11,13H,1-8H2,(H,18,21)(H,19,22)(H,20,23). The molecule has 1 fully saturated rings. The van der Waals surface area contributed by atoms with E-state index in [1.54, 1.807) is 6.20 Å². The lowest BCUT2D eigenvalue weighted by molar-refractivity contribution is 0.0931. The third kappa shape index (κ3) is 2.90. The quantitative estimate of drug-likeness (QED) is 0.813. The summed E-state index contributed by atoms with van der Waals surface area (Å²) in [4.78, 5) is 12.7. The summed E-state index contributed by atoms with van der Waals surface area (Å²) in [5.41, 5.74) is 4.19. The molecule has 0 aliphatic heterocycles. The Hall–Kier alpha value is -2.11. The summed E-state index contributed by atoms with van der Waals surface area (Å²) in [6.45, 7) is 0. The minimum atomic E-state index is 0.00675. The number of aromatic amines is 2. The van der Waals surface area contributed by atoms with Gasteiger partial charge in [0.05, 0.1) is 23.7 Å². The third-order valence-electron chi connectivity index (χ3n) is 5.28. The molecule has 1 saturated carbocycles. The Kier molecular flexibility index (Phi) is 3.89. The van der Waals surface area contributed by atoms with Crippen molar-refractivity contribution >= 4 is 5.91 Å². The Balaban J connectivity index is 1.45. The smallest absolute Gasteiger partial charge is 0.254 e. The second-order valence-electron chi connectivity index (χ2n) is 6.82. The molecule has 2 aliphatic rings. The molecule has 1 unspecified atom stereocenters. The van der Waals surface area contributed by atoms with E-state index in [9.17, 15) is 4.79 Å². The number of rotatable bonds is 3. The van der Waals surface area contributed by atoms with Crippen molar-refractivity contribution in [1.29, 1.82) is 0 Å². The van der Waals surface area contributed by atoms with Crippen molar-refractivity contribution in [2.45, 2.75) is 63.3 Å². The van der Waals surface area contributed by atoms with Crippen LogP contribution in [0.3, 0.4) is 0 Å². The molecule has 1 atom stereocenters. The van der Waals surface area contributed by atoms with Gasteiger partial charge in [-0.15, -0.1) is 0 Å². The fraction of sp³-hybridized carbons (Fsp3) is 0.588. The van der Waals surface area contributed by atoms with E-state index in [2.05, 4.69) is 25.7 Å². The zero-order valence-corrected chi connectivity index (χ0v) is 13.3. The summed E-state index contributed by atoms with van der Waals surface area (Å²) in [5, 5.41) is 17.5. The van der Waals surface area contributed by atoms with Gasteiger partial charge in [0.15, 0.2) is 0 Å². The molecule has 0 bridgehead atoms. The number of carbonyl (C=O) groups is 1. The number of fused-ring (bicyclic) bond motifs is 1. The van der Waals surface area contributed by atoms with Crippen LogP contribution in [0.2, 0.25) is 0 Å². The van der Waals surface area contributed by atoms with Crippen LogP contribution in [0.4, 0.5) is 0 Å². The van der Waals surface area contributed by atoms with Gasteiger partial charge in [-0.2, -0.15) is 10.2 Å². The van der Waals surface area contributed by atoms with Gasteiger partial charge in [-0.1, -0.05) is 19.3 Å². The summed E-state index contributed by atoms with van der Waals surface area (Å²) in [6.07, 6.45) is 12.5. The lowest BCUT2D eigenvalue weighted by atomic mass is 9.85. The van der Waals surface area contributed by atoms with Crippen LogP contribution in [-0.2, 0) is 12.8 Å². The average molecular weight is 313 g/mol. The summed E-state index contributed by atoms with van der Waals surface area (Å²) < 4.78 is 0. The number of carbonyl (C=O) groups excluding carboxylic acids is 1. The first kappa shape index (κ1) is 14.5. The van der Waals surface area contributed by atoms with Crippen LogP contribution in [0.1, 0.15) is 71.8 Å². The highest BCUT2D eigenvalue weighted by Gasteiger charge is 2.26. The van der Waals surface area contributed by atoms with Gasteiger partial charge in [0.2, 0.25) is 0 Å². The number of hydrogen-bond acceptors (Lipinski definition) is 3. The van der Waals surface area contributed by atoms with Crippen molar-refractivity contribution < 1.29 is 4.79 Å². The molecule has 0 spiro atoms. The van der Waals surface area contributed by atoms with Gasteiger partial charge in [0.25, 0.3) is 5.91 Å². The fourth-order valence-electron chi connectivity index (χ4n) is 3.97. The Labute approximate surface area is 135 Å². The highest BCUT2D eigenvalue weighted by Crippen LogP contribution is 2.33. The Morgan fingerprint density at radius 3 is 2.78 bits per heavy atom. The second kappa shape index (κ2) is 6.18. The molecule has 6 heteroatoms. The maximum Gasteiger partial charge on any atom is 0.254 e. The molecule has 0 aromatic carbocycles. The summed E-state index contributed by atoms with van der Waals surface area (Å²) >= 11 is 0. The first-order valence-electron chi connectivity index (χ1n) is 8.66. The molecule has 4 rings (SSSR count). The van der Waals surface area contributed by atoms with Crippen molar-refractivity contribution in [3.63, 3.8) is 0 Å². The van der Waals surface area contributed by atoms with Crippen LogP contribution in [-0.4, -0.2) is 32.3 Å². The largest absolute Gasteiger partial charge is 0.349 e. The van der Waals surface area contributed by atoms with E-state index in [1.165, 1.54) is 24.8 Å².